The number of furan rings is 1. The summed E-state index contributed by atoms with van der Waals surface area (Å²) >= 11 is 12.3. The lowest BCUT2D eigenvalue weighted by Crippen LogP contribution is -2.12. The minimum Gasteiger partial charge on any atom is -0.451 e. The molecule has 0 aliphatic heterocycles. The van der Waals surface area contributed by atoms with Gasteiger partial charge >= 0.3 is 0 Å². The molecule has 0 radical (unpaired) electrons. The van der Waals surface area contributed by atoms with Crippen LogP contribution in [0.4, 0.5) is 5.69 Å². The first-order chi connectivity index (χ1) is 9.83. The minimum atomic E-state index is -3.76. The maximum Gasteiger partial charge on any atom is 0.266 e. The number of halogens is 3. The zero-order valence-electron chi connectivity index (χ0n) is 10.8. The number of sulfonamides is 1. The van der Waals surface area contributed by atoms with E-state index in [1.807, 2.05) is 0 Å². The average molecular weight is 459 g/mol. The first-order valence-electron chi connectivity index (χ1n) is 5.74. The Kier molecular flexibility index (Phi) is 5.37. The van der Waals surface area contributed by atoms with Crippen molar-refractivity contribution in [1.29, 1.82) is 0 Å². The van der Waals surface area contributed by atoms with E-state index in [1.165, 1.54) is 12.1 Å². The molecular weight excluding hydrogens is 447 g/mol. The number of rotatable bonds is 5. The van der Waals surface area contributed by atoms with E-state index in [-0.39, 0.29) is 9.56 Å². The highest BCUT2D eigenvalue weighted by Crippen LogP contribution is 2.30. The summed E-state index contributed by atoms with van der Waals surface area (Å²) in [4.78, 5) is 0.0341. The summed E-state index contributed by atoms with van der Waals surface area (Å²) in [5, 5.41) is 3.30. The fourth-order valence-corrected chi connectivity index (χ4v) is 4.09. The molecule has 114 valence electrons. The summed E-state index contributed by atoms with van der Waals surface area (Å²) in [7, 11) is -2.02. The largest absolute Gasteiger partial charge is 0.451 e. The van der Waals surface area contributed by atoms with Crippen molar-refractivity contribution >= 4 is 59.2 Å². The van der Waals surface area contributed by atoms with Gasteiger partial charge < -0.3 is 9.73 Å². The number of benzene rings is 1. The predicted molar refractivity (Wildman–Crippen MR) is 89.1 cm³/mol. The predicted octanol–water partition coefficient (Wildman–Crippen LogP) is 3.98. The van der Waals surface area contributed by atoms with Gasteiger partial charge in [0.25, 0.3) is 10.0 Å². The average Bonchev–Trinajstić information content (AvgIpc) is 2.76. The molecule has 1 aromatic carbocycles. The lowest BCUT2D eigenvalue weighted by atomic mass is 10.3. The third-order valence-corrected chi connectivity index (χ3v) is 5.99. The van der Waals surface area contributed by atoms with Gasteiger partial charge in [-0.3, -0.25) is 4.72 Å². The Bertz CT molecular complexity index is 762. The van der Waals surface area contributed by atoms with Gasteiger partial charge in [0.05, 0.1) is 17.3 Å². The van der Waals surface area contributed by atoms with Crippen molar-refractivity contribution in [1.82, 2.24) is 5.32 Å². The third kappa shape index (κ3) is 4.01. The van der Waals surface area contributed by atoms with Gasteiger partial charge in [-0.1, -0.05) is 11.6 Å². The van der Waals surface area contributed by atoms with Crippen LogP contribution >= 0.6 is 43.5 Å². The first kappa shape index (κ1) is 16.8. The quantitative estimate of drug-likeness (QED) is 0.711. The second-order valence-electron chi connectivity index (χ2n) is 4.12. The molecule has 9 heteroatoms. The lowest BCUT2D eigenvalue weighted by molar-refractivity contribution is 0.470. The molecule has 2 N–H and O–H groups in total. The van der Waals surface area contributed by atoms with Crippen LogP contribution in [0.1, 0.15) is 5.76 Å². The van der Waals surface area contributed by atoms with Crippen molar-refractivity contribution in [2.24, 2.45) is 0 Å². The standard InChI is InChI=1S/C12H11Br2ClN2O3S/c1-16-6-8-5-11(12(14)20-8)21(18,19)17-7-2-3-9(13)10(15)4-7/h2-5,16-17H,6H2,1H3. The second-order valence-corrected chi connectivity index (χ2v) is 7.75. The van der Waals surface area contributed by atoms with Gasteiger partial charge in [0.2, 0.25) is 0 Å². The summed E-state index contributed by atoms with van der Waals surface area (Å²) in [5.74, 6) is 0.513. The Morgan fingerprint density at radius 3 is 2.62 bits per heavy atom. The molecule has 0 amide bonds. The van der Waals surface area contributed by atoms with Crippen molar-refractivity contribution in [2.45, 2.75) is 11.4 Å². The van der Waals surface area contributed by atoms with Crippen LogP contribution in [0.3, 0.4) is 0 Å². The molecule has 0 unspecified atom stereocenters. The molecule has 21 heavy (non-hydrogen) atoms. The third-order valence-electron chi connectivity index (χ3n) is 2.52. The fraction of sp³-hybridized carbons (Fsp3) is 0.167. The Morgan fingerprint density at radius 1 is 1.29 bits per heavy atom. The number of anilines is 1. The number of nitrogens with one attached hydrogen (secondary N) is 2. The summed E-state index contributed by atoms with van der Waals surface area (Å²) in [6, 6.07) is 6.25. The van der Waals surface area contributed by atoms with Gasteiger partial charge in [-0.2, -0.15) is 0 Å². The highest BCUT2D eigenvalue weighted by Gasteiger charge is 2.22. The zero-order valence-corrected chi connectivity index (χ0v) is 15.5. The van der Waals surface area contributed by atoms with Crippen molar-refractivity contribution in [3.8, 4) is 0 Å². The summed E-state index contributed by atoms with van der Waals surface area (Å²) in [6.45, 7) is 0.429. The smallest absolute Gasteiger partial charge is 0.266 e. The van der Waals surface area contributed by atoms with Gasteiger partial charge in [-0.15, -0.1) is 0 Å². The van der Waals surface area contributed by atoms with E-state index in [0.29, 0.717) is 27.5 Å². The van der Waals surface area contributed by atoms with E-state index < -0.39 is 10.0 Å². The van der Waals surface area contributed by atoms with Crippen LogP contribution in [0.2, 0.25) is 5.02 Å². The maximum absolute atomic E-state index is 12.4. The van der Waals surface area contributed by atoms with Gasteiger partial charge in [0, 0.05) is 10.5 Å². The van der Waals surface area contributed by atoms with Crippen LogP contribution in [0.15, 0.2) is 42.7 Å². The molecule has 0 fully saturated rings. The number of hydrogen-bond acceptors (Lipinski definition) is 4. The van der Waals surface area contributed by atoms with Gasteiger partial charge in [-0.05, 0) is 57.1 Å². The highest BCUT2D eigenvalue weighted by atomic mass is 79.9. The minimum absolute atomic E-state index is 0.0341. The van der Waals surface area contributed by atoms with Crippen LogP contribution in [-0.2, 0) is 16.6 Å². The van der Waals surface area contributed by atoms with Crippen LogP contribution in [0, 0.1) is 0 Å². The highest BCUT2D eigenvalue weighted by molar-refractivity contribution is 9.10. The Balaban J connectivity index is 2.31. The molecular formula is C12H11Br2ClN2O3S. The topological polar surface area (TPSA) is 71.3 Å². The van der Waals surface area contributed by atoms with Gasteiger partial charge in [-0.25, -0.2) is 8.42 Å². The molecule has 0 aliphatic rings. The summed E-state index contributed by atoms with van der Waals surface area (Å²) in [6.07, 6.45) is 0. The molecule has 0 aliphatic carbocycles. The van der Waals surface area contributed by atoms with Crippen molar-refractivity contribution in [2.75, 3.05) is 11.8 Å². The normalized spacial score (nSPS) is 11.6. The number of hydrogen-bond donors (Lipinski definition) is 2. The van der Waals surface area contributed by atoms with Crippen LogP contribution in [-0.4, -0.2) is 15.5 Å². The first-order valence-corrected chi connectivity index (χ1v) is 9.19. The SMILES string of the molecule is CNCc1cc(S(=O)(=O)Nc2ccc(Br)c(Cl)c2)c(Br)o1. The fourth-order valence-electron chi connectivity index (χ4n) is 1.61. The summed E-state index contributed by atoms with van der Waals surface area (Å²) < 4.78 is 33.3. The van der Waals surface area contributed by atoms with E-state index >= 15 is 0 Å². The molecule has 0 spiro atoms. The van der Waals surface area contributed by atoms with E-state index in [2.05, 4.69) is 41.9 Å². The van der Waals surface area contributed by atoms with Crippen LogP contribution in [0.25, 0.3) is 0 Å². The van der Waals surface area contributed by atoms with Crippen LogP contribution in [0.5, 0.6) is 0 Å². The monoisotopic (exact) mass is 456 g/mol. The maximum atomic E-state index is 12.4. The molecule has 2 aromatic rings. The van der Waals surface area contributed by atoms with Gasteiger partial charge in [0.15, 0.2) is 4.67 Å². The second kappa shape index (κ2) is 6.70. The Morgan fingerprint density at radius 2 is 2.00 bits per heavy atom. The zero-order chi connectivity index (χ0) is 15.6. The molecule has 0 saturated heterocycles. The van der Waals surface area contributed by atoms with Crippen molar-refractivity contribution < 1.29 is 12.8 Å². The lowest BCUT2D eigenvalue weighted by Gasteiger charge is -2.07. The van der Waals surface area contributed by atoms with E-state index in [4.69, 9.17) is 16.0 Å². The molecule has 0 bridgehead atoms. The van der Waals surface area contributed by atoms with Crippen molar-refractivity contribution in [3.05, 3.63) is 44.2 Å². The summed E-state index contributed by atoms with van der Waals surface area (Å²) in [5.41, 5.74) is 0.367. The van der Waals surface area contributed by atoms with Crippen molar-refractivity contribution in [3.63, 3.8) is 0 Å². The molecule has 0 atom stereocenters. The van der Waals surface area contributed by atoms with Gasteiger partial charge in [0.1, 0.15) is 10.7 Å². The molecule has 1 aromatic heterocycles. The Hall–Kier alpha value is -0.540. The van der Waals surface area contributed by atoms with E-state index in [1.54, 1.807) is 19.2 Å². The van der Waals surface area contributed by atoms with E-state index in [0.717, 1.165) is 0 Å². The molecule has 5 nitrogen and oxygen atoms in total. The molecule has 0 saturated carbocycles. The van der Waals surface area contributed by atoms with Crippen LogP contribution < -0.4 is 10.0 Å². The Labute approximate surface area is 144 Å². The molecule has 1 heterocycles. The van der Waals surface area contributed by atoms with E-state index in [9.17, 15) is 8.42 Å². The molecule has 2 rings (SSSR count).